The van der Waals surface area contributed by atoms with E-state index in [1.54, 1.807) is 12.1 Å². The van der Waals surface area contributed by atoms with Crippen LogP contribution in [0.5, 0.6) is 0 Å². The maximum Gasteiger partial charge on any atom is 0.335 e. The molecular weight excluding hydrogens is 332 g/mol. The molecule has 2 fully saturated rings. The van der Waals surface area contributed by atoms with Gasteiger partial charge in [-0.25, -0.2) is 4.79 Å². The number of likely N-dealkylation sites (tertiary alicyclic amines) is 2. The van der Waals surface area contributed by atoms with Crippen molar-refractivity contribution in [3.05, 3.63) is 35.4 Å². The molecule has 1 amide bonds. The first kappa shape index (κ1) is 18.9. The molecule has 6 heteroatoms. The van der Waals surface area contributed by atoms with E-state index >= 15 is 0 Å². The minimum absolute atomic E-state index is 0.120. The maximum absolute atomic E-state index is 12.2. The zero-order chi connectivity index (χ0) is 18.6. The third-order valence-electron chi connectivity index (χ3n) is 5.68. The quantitative estimate of drug-likeness (QED) is 0.811. The summed E-state index contributed by atoms with van der Waals surface area (Å²) in [7, 11) is 0. The molecular formula is C20H28N2O4. The number of aliphatic hydroxyl groups excluding tert-OH is 1. The Balaban J connectivity index is 1.62. The number of hydrogen-bond donors (Lipinski definition) is 2. The summed E-state index contributed by atoms with van der Waals surface area (Å²) in [4.78, 5) is 27.5. The molecule has 6 nitrogen and oxygen atoms in total. The largest absolute Gasteiger partial charge is 0.478 e. The molecule has 1 aromatic carbocycles. The molecule has 0 radical (unpaired) electrons. The number of rotatable bonds is 6. The van der Waals surface area contributed by atoms with Crippen LogP contribution in [-0.4, -0.2) is 64.7 Å². The maximum atomic E-state index is 12.2. The summed E-state index contributed by atoms with van der Waals surface area (Å²) in [5.74, 6) is -0.686. The van der Waals surface area contributed by atoms with Gasteiger partial charge in [-0.2, -0.15) is 0 Å². The number of aliphatic hydroxyl groups is 1. The highest BCUT2D eigenvalue weighted by atomic mass is 16.4. The lowest BCUT2D eigenvalue weighted by molar-refractivity contribution is -0.139. The topological polar surface area (TPSA) is 81.1 Å². The average molecular weight is 360 g/mol. The molecule has 2 saturated heterocycles. The minimum Gasteiger partial charge on any atom is -0.478 e. The van der Waals surface area contributed by atoms with E-state index in [-0.39, 0.29) is 17.9 Å². The second-order valence-corrected chi connectivity index (χ2v) is 7.71. The third-order valence-corrected chi connectivity index (χ3v) is 5.68. The van der Waals surface area contributed by atoms with Crippen LogP contribution in [0.3, 0.4) is 0 Å². The van der Waals surface area contributed by atoms with E-state index in [4.69, 9.17) is 10.2 Å². The van der Waals surface area contributed by atoms with Gasteiger partial charge in [0.2, 0.25) is 5.91 Å². The van der Waals surface area contributed by atoms with E-state index in [0.29, 0.717) is 24.9 Å². The second-order valence-electron chi connectivity index (χ2n) is 7.71. The Morgan fingerprint density at radius 1 is 1.15 bits per heavy atom. The molecule has 2 N–H and O–H groups in total. The van der Waals surface area contributed by atoms with Crippen molar-refractivity contribution in [2.24, 2.45) is 5.41 Å². The van der Waals surface area contributed by atoms with Gasteiger partial charge in [0, 0.05) is 44.6 Å². The van der Waals surface area contributed by atoms with E-state index in [0.717, 1.165) is 51.0 Å². The van der Waals surface area contributed by atoms with Crippen LogP contribution in [-0.2, 0) is 11.3 Å². The number of carbonyl (C=O) groups excluding carboxylic acids is 1. The van der Waals surface area contributed by atoms with E-state index < -0.39 is 5.97 Å². The van der Waals surface area contributed by atoms with E-state index in [1.165, 1.54) is 0 Å². The van der Waals surface area contributed by atoms with Gasteiger partial charge in [0.15, 0.2) is 0 Å². The minimum atomic E-state index is -0.900. The number of benzene rings is 1. The Hall–Kier alpha value is -1.92. The van der Waals surface area contributed by atoms with Gasteiger partial charge < -0.3 is 15.1 Å². The Kier molecular flexibility index (Phi) is 5.94. The molecule has 26 heavy (non-hydrogen) atoms. The van der Waals surface area contributed by atoms with Crippen LogP contribution in [0.4, 0.5) is 0 Å². The lowest BCUT2D eigenvalue weighted by Crippen LogP contribution is -2.54. The highest BCUT2D eigenvalue weighted by Gasteiger charge is 2.41. The fraction of sp³-hybridized carbons (Fsp3) is 0.600. The Morgan fingerprint density at radius 2 is 1.92 bits per heavy atom. The molecule has 142 valence electrons. The number of carboxylic acids is 1. The van der Waals surface area contributed by atoms with E-state index in [1.807, 2.05) is 17.0 Å². The molecule has 0 saturated carbocycles. The SMILES string of the molecule is O=C(O)c1ccc(CN2CCCC3(CCC(=O)N(CCCO)C3)C2)cc1. The Labute approximate surface area is 154 Å². The van der Waals surface area contributed by atoms with Gasteiger partial charge in [0.25, 0.3) is 0 Å². The lowest BCUT2D eigenvalue weighted by Gasteiger charge is -2.48. The predicted molar refractivity (Wildman–Crippen MR) is 97.9 cm³/mol. The standard InChI is InChI=1S/C20H28N2O4/c23-12-2-11-22-15-20(9-7-18(22)24)8-1-10-21(14-20)13-16-3-5-17(6-4-16)19(25)26/h3-6,23H,1-2,7-15H2,(H,25,26). The smallest absolute Gasteiger partial charge is 0.335 e. The van der Waals surface area contributed by atoms with Crippen molar-refractivity contribution in [1.82, 2.24) is 9.80 Å². The Morgan fingerprint density at radius 3 is 2.62 bits per heavy atom. The molecule has 1 spiro atoms. The van der Waals surface area contributed by atoms with Crippen molar-refractivity contribution in [3.63, 3.8) is 0 Å². The first-order valence-corrected chi connectivity index (χ1v) is 9.45. The second kappa shape index (κ2) is 8.18. The summed E-state index contributed by atoms with van der Waals surface area (Å²) in [5, 5.41) is 18.1. The summed E-state index contributed by atoms with van der Waals surface area (Å²) in [6.07, 6.45) is 4.45. The summed E-state index contributed by atoms with van der Waals surface area (Å²) >= 11 is 0. The Bertz CT molecular complexity index is 646. The molecule has 1 atom stereocenters. The van der Waals surface area contributed by atoms with Crippen LogP contribution in [0.1, 0.15) is 48.0 Å². The first-order valence-electron chi connectivity index (χ1n) is 9.45. The van der Waals surface area contributed by atoms with Crippen LogP contribution in [0.2, 0.25) is 0 Å². The molecule has 1 unspecified atom stereocenters. The molecule has 2 aliphatic rings. The summed E-state index contributed by atoms with van der Waals surface area (Å²) in [6.45, 7) is 4.37. The number of aromatic carboxylic acids is 1. The zero-order valence-electron chi connectivity index (χ0n) is 15.2. The van der Waals surface area contributed by atoms with Gasteiger partial charge >= 0.3 is 5.97 Å². The summed E-state index contributed by atoms with van der Waals surface area (Å²) < 4.78 is 0. The number of carboxylic acid groups (broad SMARTS) is 1. The third kappa shape index (κ3) is 4.43. The van der Waals surface area contributed by atoms with Gasteiger partial charge in [-0.3, -0.25) is 9.69 Å². The average Bonchev–Trinajstić information content (AvgIpc) is 2.63. The fourth-order valence-corrected chi connectivity index (χ4v) is 4.36. The summed E-state index contributed by atoms with van der Waals surface area (Å²) in [6, 6.07) is 7.10. The lowest BCUT2D eigenvalue weighted by atomic mass is 9.73. The molecule has 0 aromatic heterocycles. The summed E-state index contributed by atoms with van der Waals surface area (Å²) in [5.41, 5.74) is 1.59. The molecule has 0 bridgehead atoms. The highest BCUT2D eigenvalue weighted by molar-refractivity contribution is 5.87. The number of hydrogen-bond acceptors (Lipinski definition) is 4. The normalized spacial score (nSPS) is 24.2. The zero-order valence-corrected chi connectivity index (χ0v) is 15.2. The van der Waals surface area contributed by atoms with Gasteiger partial charge in [0.1, 0.15) is 0 Å². The molecule has 1 aromatic rings. The number of piperidine rings is 2. The fourth-order valence-electron chi connectivity index (χ4n) is 4.36. The monoisotopic (exact) mass is 360 g/mol. The van der Waals surface area contributed by atoms with Gasteiger partial charge in [0.05, 0.1) is 5.56 Å². The van der Waals surface area contributed by atoms with Crippen LogP contribution < -0.4 is 0 Å². The van der Waals surface area contributed by atoms with Crippen molar-refractivity contribution in [3.8, 4) is 0 Å². The highest BCUT2D eigenvalue weighted by Crippen LogP contribution is 2.39. The number of carbonyl (C=O) groups is 2. The van der Waals surface area contributed by atoms with Crippen LogP contribution in [0.25, 0.3) is 0 Å². The van der Waals surface area contributed by atoms with Gasteiger partial charge in [-0.1, -0.05) is 12.1 Å². The van der Waals surface area contributed by atoms with Crippen molar-refractivity contribution < 1.29 is 19.8 Å². The van der Waals surface area contributed by atoms with Crippen LogP contribution in [0, 0.1) is 5.41 Å². The van der Waals surface area contributed by atoms with Crippen molar-refractivity contribution in [2.75, 3.05) is 32.8 Å². The van der Waals surface area contributed by atoms with Crippen LogP contribution in [0.15, 0.2) is 24.3 Å². The first-order chi connectivity index (χ1) is 12.5. The van der Waals surface area contributed by atoms with E-state index in [2.05, 4.69) is 4.90 Å². The molecule has 2 heterocycles. The van der Waals surface area contributed by atoms with Gasteiger partial charge in [-0.15, -0.1) is 0 Å². The van der Waals surface area contributed by atoms with Gasteiger partial charge in [-0.05, 0) is 49.9 Å². The van der Waals surface area contributed by atoms with Crippen LogP contribution >= 0.6 is 0 Å². The molecule has 2 aliphatic heterocycles. The predicted octanol–water partition coefficient (Wildman–Crippen LogP) is 1.97. The molecule has 0 aliphatic carbocycles. The number of nitrogens with zero attached hydrogens (tertiary/aromatic N) is 2. The van der Waals surface area contributed by atoms with E-state index in [9.17, 15) is 9.59 Å². The van der Waals surface area contributed by atoms with Crippen molar-refractivity contribution >= 4 is 11.9 Å². The number of amides is 1. The van der Waals surface area contributed by atoms with Crippen molar-refractivity contribution in [2.45, 2.75) is 38.6 Å². The molecule has 3 rings (SSSR count). The van der Waals surface area contributed by atoms with Crippen molar-refractivity contribution in [1.29, 1.82) is 0 Å².